The Morgan fingerprint density at radius 2 is 1.72 bits per heavy atom. The number of pyridine rings is 3. The van der Waals surface area contributed by atoms with Gasteiger partial charge in [-0.25, -0.2) is 14.8 Å². The van der Waals surface area contributed by atoms with Crippen LogP contribution in [-0.4, -0.2) is 60.2 Å². The average Bonchev–Trinajstić information content (AvgIpc) is 3.70. The Labute approximate surface area is 249 Å². The monoisotopic (exact) mass is 571 g/mol. The molecule has 0 radical (unpaired) electrons. The van der Waals surface area contributed by atoms with Crippen LogP contribution in [0, 0.1) is 0 Å². The summed E-state index contributed by atoms with van der Waals surface area (Å²) >= 11 is 0. The van der Waals surface area contributed by atoms with Gasteiger partial charge in [0.2, 0.25) is 0 Å². The van der Waals surface area contributed by atoms with Crippen LogP contribution >= 0.6 is 0 Å². The second-order valence-electron chi connectivity index (χ2n) is 11.1. The van der Waals surface area contributed by atoms with E-state index in [-0.39, 0.29) is 12.6 Å². The third-order valence-electron chi connectivity index (χ3n) is 8.62. The third-order valence-corrected chi connectivity index (χ3v) is 8.62. The summed E-state index contributed by atoms with van der Waals surface area (Å²) in [6.07, 6.45) is 11.3. The van der Waals surface area contributed by atoms with Crippen molar-refractivity contribution in [3.8, 4) is 22.5 Å². The van der Waals surface area contributed by atoms with Crippen molar-refractivity contribution >= 4 is 33.7 Å². The van der Waals surface area contributed by atoms with E-state index in [9.17, 15) is 9.90 Å². The van der Waals surface area contributed by atoms with Crippen LogP contribution in [0.2, 0.25) is 0 Å². The first kappa shape index (κ1) is 27.0. The number of carbonyl (C=O) groups is 1. The molecule has 3 N–H and O–H groups in total. The minimum Gasteiger partial charge on any atom is -0.392 e. The number of fused-ring (bicyclic) bond motifs is 2. The molecule has 1 amide bonds. The van der Waals surface area contributed by atoms with Gasteiger partial charge in [-0.15, -0.1) is 0 Å². The number of carbonyl (C=O) groups excluding carboxylic acids is 1. The predicted molar refractivity (Wildman–Crippen MR) is 169 cm³/mol. The molecule has 5 aromatic heterocycles. The van der Waals surface area contributed by atoms with Gasteiger partial charge < -0.3 is 15.0 Å². The van der Waals surface area contributed by atoms with E-state index in [1.807, 2.05) is 48.7 Å². The first-order valence-corrected chi connectivity index (χ1v) is 14.7. The number of benzene rings is 1. The second kappa shape index (κ2) is 11.4. The minimum atomic E-state index is -0.357. The van der Waals surface area contributed by atoms with Crippen LogP contribution in [0.3, 0.4) is 0 Å². The molecule has 0 unspecified atom stereocenters. The fraction of sp³-hybridized carbons (Fsp3) is 0.235. The van der Waals surface area contributed by atoms with Gasteiger partial charge >= 0.3 is 6.03 Å². The third kappa shape index (κ3) is 5.17. The van der Waals surface area contributed by atoms with Crippen molar-refractivity contribution in [2.75, 3.05) is 25.0 Å². The van der Waals surface area contributed by atoms with E-state index in [0.717, 1.165) is 76.8 Å². The lowest BCUT2D eigenvalue weighted by Gasteiger charge is -2.31. The van der Waals surface area contributed by atoms with Crippen molar-refractivity contribution in [1.82, 2.24) is 29.4 Å². The van der Waals surface area contributed by atoms with Gasteiger partial charge in [0.05, 0.1) is 18.0 Å². The van der Waals surface area contributed by atoms with Gasteiger partial charge in [-0.1, -0.05) is 37.3 Å². The number of rotatable bonds is 6. The summed E-state index contributed by atoms with van der Waals surface area (Å²) < 4.78 is 1.50. The van der Waals surface area contributed by atoms with Crippen LogP contribution in [0.4, 0.5) is 10.6 Å². The fourth-order valence-corrected chi connectivity index (χ4v) is 6.17. The number of H-pyrrole nitrogens is 1. The first-order chi connectivity index (χ1) is 21.1. The number of nitrogens with one attached hydrogen (secondary N) is 2. The Kier molecular flexibility index (Phi) is 7.18. The maximum absolute atomic E-state index is 13.1. The molecule has 1 aliphatic rings. The van der Waals surface area contributed by atoms with Crippen molar-refractivity contribution in [3.05, 3.63) is 96.7 Å². The number of piperidine rings is 1. The zero-order valence-corrected chi connectivity index (χ0v) is 24.0. The molecule has 1 saturated heterocycles. The number of hydrogen-bond acceptors (Lipinski definition) is 6. The number of aliphatic hydroxyl groups excluding tert-OH is 1. The number of aliphatic hydroxyl groups is 1. The Balaban J connectivity index is 1.17. The van der Waals surface area contributed by atoms with E-state index in [1.54, 1.807) is 24.8 Å². The lowest BCUT2D eigenvalue weighted by Crippen LogP contribution is -2.32. The van der Waals surface area contributed by atoms with Gasteiger partial charge in [0.1, 0.15) is 11.5 Å². The van der Waals surface area contributed by atoms with E-state index in [1.165, 1.54) is 10.1 Å². The van der Waals surface area contributed by atoms with Crippen molar-refractivity contribution in [3.63, 3.8) is 0 Å². The molecule has 0 aliphatic carbocycles. The highest BCUT2D eigenvalue weighted by molar-refractivity contribution is 5.99. The van der Waals surface area contributed by atoms with Gasteiger partial charge in [-0.05, 0) is 90.1 Å². The highest BCUT2D eigenvalue weighted by Crippen LogP contribution is 2.35. The molecule has 216 valence electrons. The van der Waals surface area contributed by atoms with E-state index in [2.05, 4.69) is 44.2 Å². The van der Waals surface area contributed by atoms with Crippen LogP contribution in [0.25, 0.3) is 44.3 Å². The van der Waals surface area contributed by atoms with Crippen LogP contribution in [0.5, 0.6) is 0 Å². The van der Waals surface area contributed by atoms with Crippen LogP contribution in [0.1, 0.15) is 36.8 Å². The van der Waals surface area contributed by atoms with Gasteiger partial charge in [0.25, 0.3) is 0 Å². The number of anilines is 1. The van der Waals surface area contributed by atoms with Crippen molar-refractivity contribution in [2.24, 2.45) is 0 Å². The average molecular weight is 572 g/mol. The normalized spacial score (nSPS) is 14.5. The Hall–Kier alpha value is -4.86. The smallest absolute Gasteiger partial charge is 0.331 e. The molecule has 6 heterocycles. The Morgan fingerprint density at radius 3 is 2.42 bits per heavy atom. The van der Waals surface area contributed by atoms with Crippen molar-refractivity contribution < 1.29 is 9.90 Å². The standard InChI is InChI=1S/C34H33N7O2/c1-2-40-15-11-22(12-16-40)23-7-8-30(37-18-23)31-17-28-26(9-13-35-32(28)38-31)27-10-14-36-33(29(27)21-42)39-34(43)41-19-24-5-3-4-6-25(24)20-41/h3-10,13-14,17-20,22,42H,2,11-12,15-16,21H2,1H3,(H,35,38)(H,36,39,43). The van der Waals surface area contributed by atoms with Gasteiger partial charge in [0, 0.05) is 41.9 Å². The molecule has 0 bridgehead atoms. The van der Waals surface area contributed by atoms with Crippen molar-refractivity contribution in [2.45, 2.75) is 32.3 Å². The maximum atomic E-state index is 13.1. The van der Waals surface area contributed by atoms with E-state index in [0.29, 0.717) is 17.3 Å². The summed E-state index contributed by atoms with van der Waals surface area (Å²) in [5.74, 6) is 0.862. The van der Waals surface area contributed by atoms with Gasteiger partial charge in [0.15, 0.2) is 0 Å². The largest absolute Gasteiger partial charge is 0.392 e. The maximum Gasteiger partial charge on any atom is 0.331 e. The lowest BCUT2D eigenvalue weighted by atomic mass is 9.90. The minimum absolute atomic E-state index is 0.298. The van der Waals surface area contributed by atoms with Crippen molar-refractivity contribution in [1.29, 1.82) is 0 Å². The molecule has 9 nitrogen and oxygen atoms in total. The van der Waals surface area contributed by atoms with Gasteiger partial charge in [-0.2, -0.15) is 0 Å². The fourth-order valence-electron chi connectivity index (χ4n) is 6.17. The van der Waals surface area contributed by atoms with Crippen LogP contribution in [-0.2, 0) is 6.61 Å². The molecular formula is C34H33N7O2. The van der Waals surface area contributed by atoms with E-state index in [4.69, 9.17) is 4.98 Å². The van der Waals surface area contributed by atoms with E-state index >= 15 is 0 Å². The summed E-state index contributed by atoms with van der Waals surface area (Å²) in [5, 5.41) is 16.1. The Morgan fingerprint density at radius 1 is 0.977 bits per heavy atom. The molecule has 0 saturated carbocycles. The quantitative estimate of drug-likeness (QED) is 0.213. The number of aromatic nitrogens is 5. The van der Waals surface area contributed by atoms with Crippen LogP contribution in [0.15, 0.2) is 85.6 Å². The lowest BCUT2D eigenvalue weighted by molar-refractivity contribution is 0.222. The first-order valence-electron chi connectivity index (χ1n) is 14.7. The SMILES string of the molecule is CCN1CCC(c2ccc(-c3cc4c(-c5ccnc(NC(=O)n6cc7ccccc7c6)c5CO)ccnc4[nH]3)nc2)CC1. The number of aromatic amines is 1. The molecule has 9 heteroatoms. The number of hydrogen-bond donors (Lipinski definition) is 3. The summed E-state index contributed by atoms with van der Waals surface area (Å²) in [7, 11) is 0. The van der Waals surface area contributed by atoms with Gasteiger partial charge in [-0.3, -0.25) is 14.9 Å². The molecule has 1 fully saturated rings. The molecular weight excluding hydrogens is 538 g/mol. The number of amides is 1. The topological polar surface area (TPSA) is 112 Å². The number of likely N-dealkylation sites (tertiary alicyclic amines) is 1. The molecule has 0 spiro atoms. The molecule has 6 aromatic rings. The Bertz CT molecular complexity index is 1880. The summed E-state index contributed by atoms with van der Waals surface area (Å²) in [6, 6.07) is 17.5. The molecule has 0 atom stereocenters. The molecule has 1 aliphatic heterocycles. The predicted octanol–water partition coefficient (Wildman–Crippen LogP) is 6.41. The second-order valence-corrected chi connectivity index (χ2v) is 11.1. The summed E-state index contributed by atoms with van der Waals surface area (Å²) in [6.45, 7) is 5.31. The molecule has 1 aromatic carbocycles. The zero-order valence-electron chi connectivity index (χ0n) is 24.0. The van der Waals surface area contributed by atoms with Crippen LogP contribution < -0.4 is 5.32 Å². The highest BCUT2D eigenvalue weighted by atomic mass is 16.3. The molecule has 7 rings (SSSR count). The molecule has 43 heavy (non-hydrogen) atoms. The number of nitrogens with zero attached hydrogens (tertiary/aromatic N) is 5. The van der Waals surface area contributed by atoms with E-state index < -0.39 is 0 Å². The summed E-state index contributed by atoms with van der Waals surface area (Å²) in [4.78, 5) is 32.8. The highest BCUT2D eigenvalue weighted by Gasteiger charge is 2.21. The zero-order chi connectivity index (χ0) is 29.3. The summed E-state index contributed by atoms with van der Waals surface area (Å²) in [5.41, 5.74) is 5.90.